The van der Waals surface area contributed by atoms with Crippen LogP contribution >= 0.6 is 0 Å². The fourth-order valence-corrected chi connectivity index (χ4v) is 5.85. The van der Waals surface area contributed by atoms with E-state index in [9.17, 15) is 22.4 Å². The highest BCUT2D eigenvalue weighted by Gasteiger charge is 2.30. The standard InChI is InChI=1S/C32H38FN3O6S/c1-3-4-18-34-32(38)28(20-24-9-6-5-7-10-24)35(22-25-12-14-26(33)15-13-25)31(37)11-8-19-36(43(2,39)40)27-16-17-29-30(21-27)42-23-41-29/h5-7,9-10,12-17,21,28H,3-4,8,11,18-20,22-23H2,1-2H3,(H,34,38)/t28-/m0/s1. The van der Waals surface area contributed by atoms with Crippen molar-refractivity contribution in [3.05, 3.63) is 89.7 Å². The number of nitrogens with zero attached hydrogens (tertiary/aromatic N) is 2. The molecule has 3 aromatic rings. The van der Waals surface area contributed by atoms with Crippen molar-refractivity contribution in [1.29, 1.82) is 0 Å². The summed E-state index contributed by atoms with van der Waals surface area (Å²) in [7, 11) is -3.68. The number of amides is 2. The van der Waals surface area contributed by atoms with Gasteiger partial charge >= 0.3 is 0 Å². The van der Waals surface area contributed by atoms with Crippen LogP contribution in [0.4, 0.5) is 10.1 Å². The second-order valence-corrected chi connectivity index (χ2v) is 12.4. The maximum absolute atomic E-state index is 13.9. The average molecular weight is 612 g/mol. The Kier molecular flexibility index (Phi) is 11.0. The number of anilines is 1. The van der Waals surface area contributed by atoms with Gasteiger partial charge in [-0.3, -0.25) is 13.9 Å². The second-order valence-electron chi connectivity index (χ2n) is 10.5. The summed E-state index contributed by atoms with van der Waals surface area (Å²) >= 11 is 0. The van der Waals surface area contributed by atoms with Crippen LogP contribution in [0.5, 0.6) is 11.5 Å². The smallest absolute Gasteiger partial charge is 0.243 e. The summed E-state index contributed by atoms with van der Waals surface area (Å²) < 4.78 is 51.1. The van der Waals surface area contributed by atoms with Crippen molar-refractivity contribution in [2.24, 2.45) is 0 Å². The highest BCUT2D eigenvalue weighted by molar-refractivity contribution is 7.92. The molecule has 3 aromatic carbocycles. The lowest BCUT2D eigenvalue weighted by molar-refractivity contribution is -0.141. The highest BCUT2D eigenvalue weighted by atomic mass is 32.2. The second kappa shape index (κ2) is 14.9. The summed E-state index contributed by atoms with van der Waals surface area (Å²) in [6.45, 7) is 2.71. The van der Waals surface area contributed by atoms with Crippen LogP contribution in [0.1, 0.15) is 43.7 Å². The van der Waals surface area contributed by atoms with E-state index in [1.807, 2.05) is 37.3 Å². The summed E-state index contributed by atoms with van der Waals surface area (Å²) in [5.74, 6) is 0.00102. The molecule has 0 spiro atoms. The van der Waals surface area contributed by atoms with Gasteiger partial charge < -0.3 is 19.7 Å². The zero-order valence-electron chi connectivity index (χ0n) is 24.5. The fraction of sp³-hybridized carbons (Fsp3) is 0.375. The first-order chi connectivity index (χ1) is 20.7. The Morgan fingerprint density at radius 1 is 0.953 bits per heavy atom. The molecule has 0 aliphatic carbocycles. The molecule has 1 heterocycles. The molecule has 0 fully saturated rings. The normalized spacial score (nSPS) is 12.9. The van der Waals surface area contributed by atoms with E-state index in [4.69, 9.17) is 9.47 Å². The summed E-state index contributed by atoms with van der Waals surface area (Å²) in [6, 6.07) is 19.3. The number of nitrogens with one attached hydrogen (secondary N) is 1. The zero-order valence-corrected chi connectivity index (χ0v) is 25.3. The van der Waals surface area contributed by atoms with Gasteiger partial charge in [0.25, 0.3) is 0 Å². The molecular weight excluding hydrogens is 573 g/mol. The predicted molar refractivity (Wildman–Crippen MR) is 163 cm³/mol. The van der Waals surface area contributed by atoms with Gasteiger partial charge in [0.1, 0.15) is 11.9 Å². The van der Waals surface area contributed by atoms with Crippen LogP contribution in [-0.4, -0.2) is 57.3 Å². The van der Waals surface area contributed by atoms with Crippen molar-refractivity contribution < 1.29 is 31.9 Å². The monoisotopic (exact) mass is 611 g/mol. The van der Waals surface area contributed by atoms with Crippen LogP contribution in [0.3, 0.4) is 0 Å². The number of rotatable bonds is 15. The third kappa shape index (κ3) is 8.93. The first kappa shape index (κ1) is 31.8. The lowest BCUT2D eigenvalue weighted by Crippen LogP contribution is -2.50. The molecule has 0 saturated carbocycles. The van der Waals surface area contributed by atoms with E-state index in [2.05, 4.69) is 5.32 Å². The van der Waals surface area contributed by atoms with E-state index in [0.29, 0.717) is 35.7 Å². The number of carbonyl (C=O) groups is 2. The Morgan fingerprint density at radius 3 is 2.37 bits per heavy atom. The average Bonchev–Trinajstić information content (AvgIpc) is 3.46. The Labute approximate surface area is 252 Å². The molecule has 2 amide bonds. The number of hydrogen-bond donors (Lipinski definition) is 1. The van der Waals surface area contributed by atoms with Crippen LogP contribution in [0.2, 0.25) is 0 Å². The van der Waals surface area contributed by atoms with Crippen molar-refractivity contribution in [1.82, 2.24) is 10.2 Å². The number of hydrogen-bond acceptors (Lipinski definition) is 6. The first-order valence-electron chi connectivity index (χ1n) is 14.4. The van der Waals surface area contributed by atoms with E-state index < -0.39 is 21.9 Å². The molecule has 0 radical (unpaired) electrons. The van der Waals surface area contributed by atoms with Gasteiger partial charge in [-0.15, -0.1) is 0 Å². The van der Waals surface area contributed by atoms with Gasteiger partial charge in [-0.2, -0.15) is 0 Å². The van der Waals surface area contributed by atoms with Crippen molar-refractivity contribution >= 4 is 27.5 Å². The Balaban J connectivity index is 1.56. The van der Waals surface area contributed by atoms with Crippen molar-refractivity contribution in [2.75, 3.05) is 30.4 Å². The number of unbranched alkanes of at least 4 members (excludes halogenated alkanes) is 1. The van der Waals surface area contributed by atoms with Crippen molar-refractivity contribution in [2.45, 2.75) is 51.6 Å². The largest absolute Gasteiger partial charge is 0.454 e. The molecule has 0 unspecified atom stereocenters. The number of fused-ring (bicyclic) bond motifs is 1. The lowest BCUT2D eigenvalue weighted by Gasteiger charge is -2.32. The molecule has 230 valence electrons. The predicted octanol–water partition coefficient (Wildman–Crippen LogP) is 4.66. The SMILES string of the molecule is CCCCNC(=O)[C@H](Cc1ccccc1)N(Cc1ccc(F)cc1)C(=O)CCCN(c1ccc2c(c1)OCO2)S(C)(=O)=O. The van der Waals surface area contributed by atoms with Gasteiger partial charge in [0.15, 0.2) is 11.5 Å². The topological polar surface area (TPSA) is 105 Å². The lowest BCUT2D eigenvalue weighted by atomic mass is 10.0. The minimum absolute atomic E-state index is 0.00863. The van der Waals surface area contributed by atoms with Gasteiger partial charge in [-0.05, 0) is 48.2 Å². The van der Waals surface area contributed by atoms with E-state index in [1.165, 1.54) is 21.3 Å². The minimum Gasteiger partial charge on any atom is -0.454 e. The molecule has 4 rings (SSSR count). The van der Waals surface area contributed by atoms with Crippen LogP contribution < -0.4 is 19.1 Å². The third-order valence-corrected chi connectivity index (χ3v) is 8.36. The van der Waals surface area contributed by atoms with Gasteiger partial charge in [-0.1, -0.05) is 55.8 Å². The van der Waals surface area contributed by atoms with E-state index in [0.717, 1.165) is 24.7 Å². The van der Waals surface area contributed by atoms with Gasteiger partial charge in [0.2, 0.25) is 28.6 Å². The zero-order chi connectivity index (χ0) is 30.8. The van der Waals surface area contributed by atoms with E-state index in [-0.39, 0.29) is 44.5 Å². The van der Waals surface area contributed by atoms with E-state index in [1.54, 1.807) is 30.3 Å². The quantitative estimate of drug-likeness (QED) is 0.251. The molecule has 0 aromatic heterocycles. The molecule has 9 nitrogen and oxygen atoms in total. The van der Waals surface area contributed by atoms with E-state index >= 15 is 0 Å². The van der Waals surface area contributed by atoms with Crippen LogP contribution in [-0.2, 0) is 32.6 Å². The molecule has 0 bridgehead atoms. The van der Waals surface area contributed by atoms with Crippen molar-refractivity contribution in [3.8, 4) is 11.5 Å². The fourth-order valence-electron chi connectivity index (χ4n) is 4.89. The van der Waals surface area contributed by atoms with Crippen LogP contribution in [0.15, 0.2) is 72.8 Å². The number of carbonyl (C=O) groups excluding carboxylic acids is 2. The van der Waals surface area contributed by atoms with Gasteiger partial charge in [0.05, 0.1) is 11.9 Å². The van der Waals surface area contributed by atoms with Gasteiger partial charge in [0, 0.05) is 38.5 Å². The number of sulfonamides is 1. The molecular formula is C32H38FN3O6S. The highest BCUT2D eigenvalue weighted by Crippen LogP contribution is 2.36. The minimum atomic E-state index is -3.68. The Morgan fingerprint density at radius 2 is 1.67 bits per heavy atom. The summed E-state index contributed by atoms with van der Waals surface area (Å²) in [6.07, 6.45) is 3.30. The maximum Gasteiger partial charge on any atom is 0.243 e. The molecule has 1 N–H and O–H groups in total. The molecule has 1 aliphatic heterocycles. The molecule has 11 heteroatoms. The Bertz CT molecular complexity index is 1480. The molecule has 0 saturated heterocycles. The van der Waals surface area contributed by atoms with Crippen LogP contribution in [0.25, 0.3) is 0 Å². The molecule has 1 atom stereocenters. The number of ether oxygens (including phenoxy) is 2. The van der Waals surface area contributed by atoms with Crippen LogP contribution in [0, 0.1) is 5.82 Å². The molecule has 1 aliphatic rings. The number of halogens is 1. The number of benzene rings is 3. The summed E-state index contributed by atoms with van der Waals surface area (Å²) in [5.41, 5.74) is 1.97. The maximum atomic E-state index is 13.9. The third-order valence-electron chi connectivity index (χ3n) is 7.16. The first-order valence-corrected chi connectivity index (χ1v) is 16.2. The summed E-state index contributed by atoms with van der Waals surface area (Å²) in [4.78, 5) is 28.9. The summed E-state index contributed by atoms with van der Waals surface area (Å²) in [5, 5.41) is 2.97. The van der Waals surface area contributed by atoms with Crippen molar-refractivity contribution in [3.63, 3.8) is 0 Å². The van der Waals surface area contributed by atoms with Gasteiger partial charge in [-0.25, -0.2) is 12.8 Å². The molecule has 43 heavy (non-hydrogen) atoms. The Hall–Kier alpha value is -4.12.